The SMILES string of the molecule is Cc1ccc(N)cc1NC(=O)CN(C(=O)c1sc2ccccc2c1Cl)C1CCCCC1. The first kappa shape index (κ1) is 21.7. The molecule has 1 saturated carbocycles. The maximum absolute atomic E-state index is 13.6. The van der Waals surface area contributed by atoms with Crippen molar-refractivity contribution in [3.8, 4) is 0 Å². The Hall–Kier alpha value is -2.57. The molecule has 0 saturated heterocycles. The lowest BCUT2D eigenvalue weighted by Gasteiger charge is -2.33. The number of benzene rings is 2. The van der Waals surface area contributed by atoms with Gasteiger partial charge >= 0.3 is 0 Å². The Morgan fingerprint density at radius 1 is 1.16 bits per heavy atom. The summed E-state index contributed by atoms with van der Waals surface area (Å²) in [6.07, 6.45) is 5.09. The molecular weight excluding hydrogens is 430 g/mol. The fourth-order valence-corrected chi connectivity index (χ4v) is 5.63. The van der Waals surface area contributed by atoms with Gasteiger partial charge in [0.2, 0.25) is 5.91 Å². The maximum atomic E-state index is 13.6. The number of anilines is 2. The highest BCUT2D eigenvalue weighted by atomic mass is 35.5. The summed E-state index contributed by atoms with van der Waals surface area (Å²) in [4.78, 5) is 28.8. The topological polar surface area (TPSA) is 75.4 Å². The number of thiophene rings is 1. The molecule has 1 aromatic heterocycles. The number of nitrogens with zero attached hydrogens (tertiary/aromatic N) is 1. The van der Waals surface area contributed by atoms with Crippen LogP contribution < -0.4 is 11.1 Å². The smallest absolute Gasteiger partial charge is 0.266 e. The van der Waals surface area contributed by atoms with Gasteiger partial charge in [-0.1, -0.05) is 55.1 Å². The van der Waals surface area contributed by atoms with E-state index >= 15 is 0 Å². The monoisotopic (exact) mass is 455 g/mol. The molecule has 2 aromatic carbocycles. The lowest BCUT2D eigenvalue weighted by molar-refractivity contribution is -0.117. The van der Waals surface area contributed by atoms with Crippen molar-refractivity contribution in [2.45, 2.75) is 45.1 Å². The van der Waals surface area contributed by atoms with Gasteiger partial charge < -0.3 is 16.0 Å². The van der Waals surface area contributed by atoms with Gasteiger partial charge in [-0.3, -0.25) is 9.59 Å². The highest BCUT2D eigenvalue weighted by molar-refractivity contribution is 7.21. The predicted octanol–water partition coefficient (Wildman–Crippen LogP) is 5.86. The molecule has 3 N–H and O–H groups in total. The second-order valence-electron chi connectivity index (χ2n) is 8.09. The molecule has 0 aliphatic heterocycles. The molecule has 1 fully saturated rings. The van der Waals surface area contributed by atoms with E-state index in [1.54, 1.807) is 17.0 Å². The third kappa shape index (κ3) is 4.70. The van der Waals surface area contributed by atoms with Crippen LogP contribution >= 0.6 is 22.9 Å². The molecule has 0 spiro atoms. The van der Waals surface area contributed by atoms with Gasteiger partial charge in [0.05, 0.1) is 5.02 Å². The van der Waals surface area contributed by atoms with Crippen LogP contribution in [-0.2, 0) is 4.79 Å². The summed E-state index contributed by atoms with van der Waals surface area (Å²) in [6, 6.07) is 13.2. The molecule has 2 amide bonds. The van der Waals surface area contributed by atoms with Crippen LogP contribution in [0.4, 0.5) is 11.4 Å². The summed E-state index contributed by atoms with van der Waals surface area (Å²) in [5.74, 6) is -0.401. The predicted molar refractivity (Wildman–Crippen MR) is 129 cm³/mol. The van der Waals surface area contributed by atoms with E-state index in [9.17, 15) is 9.59 Å². The maximum Gasteiger partial charge on any atom is 0.266 e. The number of aryl methyl sites for hydroxylation is 1. The first-order valence-electron chi connectivity index (χ1n) is 10.6. The lowest BCUT2D eigenvalue weighted by Crippen LogP contribution is -2.45. The van der Waals surface area contributed by atoms with Gasteiger partial charge in [-0.2, -0.15) is 0 Å². The van der Waals surface area contributed by atoms with E-state index in [0.717, 1.165) is 47.8 Å². The number of rotatable bonds is 5. The second kappa shape index (κ2) is 9.28. The first-order chi connectivity index (χ1) is 14.9. The zero-order chi connectivity index (χ0) is 22.0. The van der Waals surface area contributed by atoms with Crippen molar-refractivity contribution >= 4 is 56.2 Å². The van der Waals surface area contributed by atoms with Crippen LogP contribution in [0.2, 0.25) is 5.02 Å². The van der Waals surface area contributed by atoms with Crippen LogP contribution in [0, 0.1) is 6.92 Å². The number of nitrogen functional groups attached to an aromatic ring is 1. The number of nitrogens with two attached hydrogens (primary N) is 1. The molecule has 1 aliphatic rings. The summed E-state index contributed by atoms with van der Waals surface area (Å²) in [5.41, 5.74) is 8.04. The first-order valence-corrected chi connectivity index (χ1v) is 11.8. The van der Waals surface area contributed by atoms with E-state index in [2.05, 4.69) is 5.32 Å². The van der Waals surface area contributed by atoms with E-state index in [1.807, 2.05) is 37.3 Å². The van der Waals surface area contributed by atoms with Gasteiger partial charge in [-0.15, -0.1) is 11.3 Å². The molecule has 31 heavy (non-hydrogen) atoms. The van der Waals surface area contributed by atoms with Crippen molar-refractivity contribution < 1.29 is 9.59 Å². The van der Waals surface area contributed by atoms with E-state index in [0.29, 0.717) is 21.3 Å². The van der Waals surface area contributed by atoms with E-state index in [1.165, 1.54) is 11.3 Å². The summed E-state index contributed by atoms with van der Waals surface area (Å²) in [6.45, 7) is 1.90. The number of nitrogens with one attached hydrogen (secondary N) is 1. The minimum absolute atomic E-state index is 0.0116. The normalized spacial score (nSPS) is 14.5. The largest absolute Gasteiger partial charge is 0.399 e. The molecule has 162 valence electrons. The quantitative estimate of drug-likeness (QED) is 0.473. The van der Waals surface area contributed by atoms with Crippen molar-refractivity contribution in [1.29, 1.82) is 0 Å². The summed E-state index contributed by atoms with van der Waals surface area (Å²) in [7, 11) is 0. The zero-order valence-electron chi connectivity index (χ0n) is 17.5. The molecule has 0 bridgehead atoms. The zero-order valence-corrected chi connectivity index (χ0v) is 19.1. The van der Waals surface area contributed by atoms with Crippen molar-refractivity contribution in [1.82, 2.24) is 4.90 Å². The highest BCUT2D eigenvalue weighted by Crippen LogP contribution is 2.37. The molecule has 0 atom stereocenters. The Bertz CT molecular complexity index is 1120. The van der Waals surface area contributed by atoms with Crippen LogP contribution in [0.5, 0.6) is 0 Å². The van der Waals surface area contributed by atoms with Crippen LogP contribution in [0.15, 0.2) is 42.5 Å². The van der Waals surface area contributed by atoms with Crippen LogP contribution in [-0.4, -0.2) is 29.3 Å². The summed E-state index contributed by atoms with van der Waals surface area (Å²) < 4.78 is 0.972. The van der Waals surface area contributed by atoms with Gasteiger partial charge in [0, 0.05) is 27.5 Å². The average molecular weight is 456 g/mol. The number of amides is 2. The Balaban J connectivity index is 1.60. The summed E-state index contributed by atoms with van der Waals surface area (Å²) >= 11 is 7.98. The number of carbonyl (C=O) groups is 2. The highest BCUT2D eigenvalue weighted by Gasteiger charge is 2.31. The second-order valence-corrected chi connectivity index (χ2v) is 9.52. The average Bonchev–Trinajstić information content (AvgIpc) is 3.11. The minimum Gasteiger partial charge on any atom is -0.399 e. The van der Waals surface area contributed by atoms with Gasteiger partial charge in [-0.05, 0) is 43.5 Å². The van der Waals surface area contributed by atoms with Crippen molar-refractivity contribution in [3.63, 3.8) is 0 Å². The fraction of sp³-hybridized carbons (Fsp3) is 0.333. The Morgan fingerprint density at radius 3 is 2.65 bits per heavy atom. The van der Waals surface area contributed by atoms with Gasteiger partial charge in [0.25, 0.3) is 5.91 Å². The molecule has 3 aromatic rings. The number of hydrogen-bond donors (Lipinski definition) is 2. The number of fused-ring (bicyclic) bond motifs is 1. The van der Waals surface area contributed by atoms with Gasteiger partial charge in [0.15, 0.2) is 0 Å². The Labute approximate surface area is 191 Å². The molecule has 0 unspecified atom stereocenters. The molecule has 0 radical (unpaired) electrons. The van der Waals surface area contributed by atoms with Crippen LogP contribution in [0.3, 0.4) is 0 Å². The number of carbonyl (C=O) groups excluding carboxylic acids is 2. The molecule has 7 heteroatoms. The molecule has 1 aliphatic carbocycles. The Morgan fingerprint density at radius 2 is 1.90 bits per heavy atom. The van der Waals surface area contributed by atoms with Gasteiger partial charge in [-0.25, -0.2) is 0 Å². The van der Waals surface area contributed by atoms with Crippen LogP contribution in [0.1, 0.15) is 47.3 Å². The lowest BCUT2D eigenvalue weighted by atomic mass is 9.94. The van der Waals surface area contributed by atoms with Crippen LogP contribution in [0.25, 0.3) is 10.1 Å². The number of halogens is 1. The minimum atomic E-state index is -0.232. The van der Waals surface area contributed by atoms with Crippen molar-refractivity contribution in [2.75, 3.05) is 17.6 Å². The Kier molecular flexibility index (Phi) is 6.49. The fourth-order valence-electron chi connectivity index (χ4n) is 4.16. The molecule has 5 nitrogen and oxygen atoms in total. The molecule has 4 rings (SSSR count). The van der Waals surface area contributed by atoms with Gasteiger partial charge in [0.1, 0.15) is 11.4 Å². The molecular formula is C24H26ClN3O2S. The molecule has 1 heterocycles. The third-order valence-corrected chi connectivity index (χ3v) is 7.52. The van der Waals surface area contributed by atoms with E-state index in [4.69, 9.17) is 17.3 Å². The third-order valence-electron chi connectivity index (χ3n) is 5.86. The standard InChI is InChI=1S/C24H26ClN3O2S/c1-15-11-12-16(26)13-19(15)27-21(29)14-28(17-7-3-2-4-8-17)24(30)23-22(25)18-9-5-6-10-20(18)31-23/h5-6,9-13,17H,2-4,7-8,14,26H2,1H3,(H,27,29). The van der Waals surface area contributed by atoms with E-state index in [-0.39, 0.29) is 24.4 Å². The van der Waals surface area contributed by atoms with E-state index < -0.39 is 0 Å². The van der Waals surface area contributed by atoms with Crippen molar-refractivity contribution in [3.05, 3.63) is 57.9 Å². The van der Waals surface area contributed by atoms with Crippen molar-refractivity contribution in [2.24, 2.45) is 0 Å². The number of hydrogen-bond acceptors (Lipinski definition) is 4. The summed E-state index contributed by atoms with van der Waals surface area (Å²) in [5, 5.41) is 4.27.